The first-order valence-electron chi connectivity index (χ1n) is 23.0. The SMILES string of the molecule is C[C@@H]1CC[C@]2(OC1)O[C@H]1C[C@H]3[C@@H]4CC=C5C[C@@H](O[C@@H]6O[C@H](CO)[C@@H](O)[C@H](O[C@@H]7O[C@@H](C)[C@H](O)[C@@H](O)[C@H]7O)[C@H]6O[C@@H]6O[C@@H](O)[C@H](O)[C@@H](O)[C@H]6O)CC[C@]5(C)[C@H]4CC[C@]3(C)[C@@]1(O)[C@@H]2C. The second kappa shape index (κ2) is 16.7. The molecular formula is C44H70O18. The molecule has 62 heavy (non-hydrogen) atoms. The molecular weight excluding hydrogens is 816 g/mol. The largest absolute Gasteiger partial charge is 0.394 e. The zero-order valence-corrected chi connectivity index (χ0v) is 36.3. The Hall–Kier alpha value is -0.980. The van der Waals surface area contributed by atoms with Gasteiger partial charge in [-0.05, 0) is 87.4 Å². The third-order valence-electron chi connectivity index (χ3n) is 17.6. The maximum atomic E-state index is 12.8. The van der Waals surface area contributed by atoms with Gasteiger partial charge in [-0.15, -0.1) is 0 Å². The van der Waals surface area contributed by atoms with Crippen LogP contribution >= 0.6 is 0 Å². The third-order valence-corrected chi connectivity index (χ3v) is 17.6. The van der Waals surface area contributed by atoms with E-state index in [1.54, 1.807) is 0 Å². The molecule has 18 nitrogen and oxygen atoms in total. The van der Waals surface area contributed by atoms with Crippen molar-refractivity contribution in [2.24, 2.45) is 40.4 Å². The van der Waals surface area contributed by atoms with Crippen LogP contribution in [0.4, 0.5) is 0 Å². The highest BCUT2D eigenvalue weighted by molar-refractivity contribution is 5.29. The molecule has 5 saturated heterocycles. The summed E-state index contributed by atoms with van der Waals surface area (Å²) in [5, 5.41) is 108. The molecule has 5 heterocycles. The Morgan fingerprint density at radius 2 is 1.40 bits per heavy atom. The van der Waals surface area contributed by atoms with Crippen LogP contribution in [0.3, 0.4) is 0 Å². The van der Waals surface area contributed by atoms with Gasteiger partial charge in [0.1, 0.15) is 66.6 Å². The molecule has 0 unspecified atom stereocenters. The van der Waals surface area contributed by atoms with E-state index in [-0.39, 0.29) is 28.8 Å². The summed E-state index contributed by atoms with van der Waals surface area (Å²) in [5.74, 6) is 0.562. The Morgan fingerprint density at radius 1 is 0.710 bits per heavy atom. The zero-order chi connectivity index (χ0) is 44.4. The topological polar surface area (TPSA) is 276 Å². The molecule has 0 amide bonds. The summed E-state index contributed by atoms with van der Waals surface area (Å²) in [5.41, 5.74) is -0.224. The molecule has 0 bridgehead atoms. The van der Waals surface area contributed by atoms with Crippen LogP contribution in [0.15, 0.2) is 11.6 Å². The van der Waals surface area contributed by atoms with E-state index in [2.05, 4.69) is 33.8 Å². The average molecular weight is 887 g/mol. The second-order valence-corrected chi connectivity index (χ2v) is 20.8. The number of fused-ring (bicyclic) bond motifs is 7. The molecule has 8 fully saturated rings. The van der Waals surface area contributed by atoms with E-state index in [0.29, 0.717) is 37.2 Å². The van der Waals surface area contributed by atoms with Crippen LogP contribution in [0, 0.1) is 40.4 Å². The monoisotopic (exact) mass is 886 g/mol. The minimum absolute atomic E-state index is 0.150. The first-order chi connectivity index (χ1) is 29.3. The maximum absolute atomic E-state index is 12.8. The lowest BCUT2D eigenvalue weighted by atomic mass is 9.46. The Balaban J connectivity index is 0.945. The summed E-state index contributed by atoms with van der Waals surface area (Å²) >= 11 is 0. The van der Waals surface area contributed by atoms with Crippen molar-refractivity contribution in [1.29, 1.82) is 0 Å². The molecule has 0 aromatic heterocycles. The summed E-state index contributed by atoms with van der Waals surface area (Å²) in [7, 11) is 0. The molecule has 3 saturated carbocycles. The number of allylic oxidation sites excluding steroid dienone is 1. The van der Waals surface area contributed by atoms with E-state index in [4.69, 9.17) is 37.9 Å². The van der Waals surface area contributed by atoms with Gasteiger partial charge in [0.05, 0.1) is 31.5 Å². The van der Waals surface area contributed by atoms with E-state index in [1.165, 1.54) is 12.5 Å². The van der Waals surface area contributed by atoms with Crippen molar-refractivity contribution < 1.29 is 89.0 Å². The first kappa shape index (κ1) is 46.1. The number of aliphatic hydroxyl groups excluding tert-OH is 9. The van der Waals surface area contributed by atoms with Gasteiger partial charge in [0, 0.05) is 17.8 Å². The Morgan fingerprint density at radius 3 is 2.10 bits per heavy atom. The second-order valence-electron chi connectivity index (χ2n) is 20.8. The van der Waals surface area contributed by atoms with Crippen molar-refractivity contribution >= 4 is 0 Å². The minimum atomic E-state index is -1.97. The highest BCUT2D eigenvalue weighted by Gasteiger charge is 2.76. The van der Waals surface area contributed by atoms with Crippen molar-refractivity contribution in [2.75, 3.05) is 13.2 Å². The van der Waals surface area contributed by atoms with Gasteiger partial charge in [0.2, 0.25) is 0 Å². The predicted octanol–water partition coefficient (Wildman–Crippen LogP) is -0.713. The quantitative estimate of drug-likeness (QED) is 0.141. The summed E-state index contributed by atoms with van der Waals surface area (Å²) < 4.78 is 49.3. The lowest BCUT2D eigenvalue weighted by Gasteiger charge is -2.60. The van der Waals surface area contributed by atoms with Crippen LogP contribution in [0.1, 0.15) is 92.4 Å². The Labute approximate surface area is 362 Å². The van der Waals surface area contributed by atoms with Gasteiger partial charge in [-0.25, -0.2) is 0 Å². The summed E-state index contributed by atoms with van der Waals surface area (Å²) in [6.07, 6.45) is -15.8. The van der Waals surface area contributed by atoms with Crippen molar-refractivity contribution in [2.45, 2.75) is 208 Å². The van der Waals surface area contributed by atoms with Crippen LogP contribution in [-0.2, 0) is 37.9 Å². The normalized spacial score (nSPS) is 58.9. The van der Waals surface area contributed by atoms with Gasteiger partial charge < -0.3 is 89.0 Å². The fourth-order valence-electron chi connectivity index (χ4n) is 13.7. The van der Waals surface area contributed by atoms with Gasteiger partial charge in [-0.3, -0.25) is 0 Å². The van der Waals surface area contributed by atoms with E-state index in [9.17, 15) is 51.1 Å². The van der Waals surface area contributed by atoms with Crippen molar-refractivity contribution in [3.8, 4) is 0 Å². The van der Waals surface area contributed by atoms with Crippen molar-refractivity contribution in [1.82, 2.24) is 0 Å². The third kappa shape index (κ3) is 7.04. The molecule has 18 heteroatoms. The summed E-state index contributed by atoms with van der Waals surface area (Å²) in [6.45, 7) is 10.3. The van der Waals surface area contributed by atoms with Crippen molar-refractivity contribution in [3.05, 3.63) is 11.6 Å². The first-order valence-corrected chi connectivity index (χ1v) is 23.0. The van der Waals surface area contributed by atoms with Gasteiger partial charge in [0.15, 0.2) is 30.9 Å². The molecule has 0 radical (unpaired) electrons. The standard InChI is InChI=1S/C44H70O18/c1-18-8-13-43(55-17-18)20(3)44(54)27(62-43)15-25-23-7-6-21-14-22(9-11-41(21,4)24(23)10-12-42(25,44)5)57-40-36(60-39-34(52)31(49)32(50)37(53)61-39)35(29(47)26(16-45)58-40)59-38-33(51)30(48)28(46)19(2)56-38/h6,18-20,22-40,45-54H,7-17H2,1-5H3/t18-,19+,20-,22+,23-,24+,25+,26-,27+,28+,29-,30-,31-,32-,33-,34-,35+,36-,37-,38+,39-,40-,41+,42+,43+,44-/m1/s1. The molecule has 26 atom stereocenters. The van der Waals surface area contributed by atoms with Crippen LogP contribution < -0.4 is 0 Å². The lowest BCUT2D eigenvalue weighted by Crippen LogP contribution is -2.67. The summed E-state index contributed by atoms with van der Waals surface area (Å²) in [4.78, 5) is 0. The fourth-order valence-corrected chi connectivity index (χ4v) is 13.7. The molecule has 9 aliphatic rings. The summed E-state index contributed by atoms with van der Waals surface area (Å²) in [6, 6.07) is 0. The molecule has 10 N–H and O–H groups in total. The number of hydrogen-bond acceptors (Lipinski definition) is 18. The predicted molar refractivity (Wildman–Crippen MR) is 211 cm³/mol. The van der Waals surface area contributed by atoms with Gasteiger partial charge in [-0.1, -0.05) is 39.3 Å². The van der Waals surface area contributed by atoms with Gasteiger partial charge in [-0.2, -0.15) is 0 Å². The van der Waals surface area contributed by atoms with E-state index in [0.717, 1.165) is 44.9 Å². The average Bonchev–Trinajstić information content (AvgIpc) is 3.60. The Kier molecular flexibility index (Phi) is 12.4. The van der Waals surface area contributed by atoms with Crippen LogP contribution in [0.5, 0.6) is 0 Å². The lowest BCUT2D eigenvalue weighted by molar-refractivity contribution is -0.404. The molecule has 0 aromatic carbocycles. The van der Waals surface area contributed by atoms with E-state index >= 15 is 0 Å². The van der Waals surface area contributed by atoms with Crippen molar-refractivity contribution in [3.63, 3.8) is 0 Å². The minimum Gasteiger partial charge on any atom is -0.394 e. The smallest absolute Gasteiger partial charge is 0.189 e. The molecule has 1 spiro atoms. The van der Waals surface area contributed by atoms with E-state index < -0.39 is 116 Å². The fraction of sp³-hybridized carbons (Fsp3) is 0.955. The number of ether oxygens (including phenoxy) is 8. The molecule has 9 rings (SSSR count). The van der Waals surface area contributed by atoms with Crippen LogP contribution in [0.2, 0.25) is 0 Å². The Bertz CT molecular complexity index is 1650. The zero-order valence-electron chi connectivity index (χ0n) is 36.3. The molecule has 354 valence electrons. The van der Waals surface area contributed by atoms with Gasteiger partial charge in [0.25, 0.3) is 0 Å². The van der Waals surface area contributed by atoms with E-state index in [1.807, 2.05) is 0 Å². The number of aliphatic hydroxyl groups is 10. The molecule has 4 aliphatic carbocycles. The molecule has 5 aliphatic heterocycles. The van der Waals surface area contributed by atoms with Gasteiger partial charge >= 0.3 is 0 Å². The number of rotatable bonds is 7. The van der Waals surface area contributed by atoms with Crippen LogP contribution in [0.25, 0.3) is 0 Å². The van der Waals surface area contributed by atoms with Crippen LogP contribution in [-0.4, -0.2) is 180 Å². The highest BCUT2D eigenvalue weighted by atomic mass is 16.8. The highest BCUT2D eigenvalue weighted by Crippen LogP contribution is 2.72. The maximum Gasteiger partial charge on any atom is 0.189 e. The molecule has 0 aromatic rings. The number of hydrogen-bond donors (Lipinski definition) is 10.